The maximum Gasteiger partial charge on any atom is 0.471 e. The predicted octanol–water partition coefficient (Wildman–Crippen LogP) is 4.82. The summed E-state index contributed by atoms with van der Waals surface area (Å²) in [5.41, 5.74) is 3.92. The van der Waals surface area contributed by atoms with Crippen molar-refractivity contribution in [2.75, 3.05) is 57.3 Å². The number of anilines is 1. The first-order valence-corrected chi connectivity index (χ1v) is 15.8. The predicted molar refractivity (Wildman–Crippen MR) is 165 cm³/mol. The van der Waals surface area contributed by atoms with Crippen LogP contribution in [0.4, 0.5) is 23.7 Å². The Hall–Kier alpha value is -3.38. The van der Waals surface area contributed by atoms with E-state index < -0.39 is 12.1 Å². The van der Waals surface area contributed by atoms with Crippen molar-refractivity contribution in [3.05, 3.63) is 57.9 Å². The number of hydrogen-bond acceptors (Lipinski definition) is 5. The maximum absolute atomic E-state index is 13.5. The minimum atomic E-state index is -4.90. The van der Waals surface area contributed by atoms with Gasteiger partial charge >= 0.3 is 18.1 Å². The lowest BCUT2D eigenvalue weighted by Gasteiger charge is -2.34. The SMILES string of the molecule is Cc1ccc(N(CCCN2CC3CN(C(=O)c4c(C)ccnc4C)CC3C2)C(=O)NC2CCN(C(=O)C(F)(F)F)CC2)cc1Cl. The van der Waals surface area contributed by atoms with Gasteiger partial charge in [0, 0.05) is 68.8 Å². The molecule has 3 fully saturated rings. The van der Waals surface area contributed by atoms with Crippen LogP contribution in [0.15, 0.2) is 30.5 Å². The van der Waals surface area contributed by atoms with Gasteiger partial charge in [-0.2, -0.15) is 13.2 Å². The Morgan fingerprint density at radius 3 is 2.24 bits per heavy atom. The molecule has 3 saturated heterocycles. The van der Waals surface area contributed by atoms with Crippen molar-refractivity contribution < 1.29 is 27.6 Å². The Morgan fingerprint density at radius 1 is 0.978 bits per heavy atom. The number of carbonyl (C=O) groups is 3. The molecule has 2 aromatic rings. The van der Waals surface area contributed by atoms with Gasteiger partial charge in [0.05, 0.1) is 11.3 Å². The third-order valence-electron chi connectivity index (χ3n) is 9.33. The van der Waals surface area contributed by atoms with E-state index in [0.717, 1.165) is 54.4 Å². The fraction of sp³-hybridized carbons (Fsp3) is 0.562. The Bertz CT molecular complexity index is 1400. The number of likely N-dealkylation sites (tertiary alicyclic amines) is 3. The highest BCUT2D eigenvalue weighted by Crippen LogP contribution is 2.33. The zero-order valence-corrected chi connectivity index (χ0v) is 26.6. The van der Waals surface area contributed by atoms with Gasteiger partial charge in [-0.3, -0.25) is 19.5 Å². The van der Waals surface area contributed by atoms with Gasteiger partial charge in [-0.05, 0) is 87.7 Å². The van der Waals surface area contributed by atoms with E-state index >= 15 is 0 Å². The Balaban J connectivity index is 1.14. The van der Waals surface area contributed by atoms with Crippen molar-refractivity contribution in [2.24, 2.45) is 11.8 Å². The standard InChI is InChI=1S/C32H40ClF3N6O3/c1-20-5-6-26(15-27(20)33)42(31(45)38-25-8-13-40(14-9-25)30(44)32(34,35)36)12-4-11-39-16-23-18-41(19-24(23)17-39)29(43)28-21(2)7-10-37-22(28)3/h5-7,10,15,23-25H,4,8-9,11-14,16-19H2,1-3H3,(H,38,45). The molecule has 0 bridgehead atoms. The van der Waals surface area contributed by atoms with Crippen LogP contribution in [0.1, 0.15) is 46.4 Å². The second-order valence-electron chi connectivity index (χ2n) is 12.5. The van der Waals surface area contributed by atoms with Gasteiger partial charge < -0.3 is 20.0 Å². The smallest absolute Gasteiger partial charge is 0.338 e. The van der Waals surface area contributed by atoms with Crippen molar-refractivity contribution in [2.45, 2.75) is 52.3 Å². The average molecular weight is 649 g/mol. The molecule has 1 N–H and O–H groups in total. The lowest BCUT2D eigenvalue weighted by molar-refractivity contribution is -0.186. The van der Waals surface area contributed by atoms with E-state index in [1.54, 1.807) is 17.2 Å². The molecule has 4 amide bonds. The number of benzene rings is 1. The second-order valence-corrected chi connectivity index (χ2v) is 12.9. The molecule has 0 aliphatic carbocycles. The van der Waals surface area contributed by atoms with Crippen LogP contribution in [0.25, 0.3) is 0 Å². The Labute approximate surface area is 266 Å². The number of aromatic nitrogens is 1. The summed E-state index contributed by atoms with van der Waals surface area (Å²) in [7, 11) is 0. The van der Waals surface area contributed by atoms with Gasteiger partial charge in [0.1, 0.15) is 0 Å². The van der Waals surface area contributed by atoms with Crippen LogP contribution < -0.4 is 10.2 Å². The summed E-state index contributed by atoms with van der Waals surface area (Å²) >= 11 is 6.39. The summed E-state index contributed by atoms with van der Waals surface area (Å²) in [4.78, 5) is 49.4. The van der Waals surface area contributed by atoms with Crippen LogP contribution in [0.2, 0.25) is 5.02 Å². The molecule has 1 aromatic heterocycles. The van der Waals surface area contributed by atoms with E-state index in [-0.39, 0.29) is 43.9 Å². The Morgan fingerprint density at radius 2 is 1.64 bits per heavy atom. The molecule has 0 saturated carbocycles. The van der Waals surface area contributed by atoms with Crippen molar-refractivity contribution >= 4 is 35.1 Å². The number of halogens is 4. The minimum absolute atomic E-state index is 0.0510. The molecule has 4 heterocycles. The van der Waals surface area contributed by atoms with Gasteiger partial charge in [0.2, 0.25) is 0 Å². The number of amides is 4. The molecule has 2 atom stereocenters. The molecule has 45 heavy (non-hydrogen) atoms. The number of rotatable bonds is 7. The van der Waals surface area contributed by atoms with Crippen LogP contribution in [0, 0.1) is 32.6 Å². The summed E-state index contributed by atoms with van der Waals surface area (Å²) in [6.45, 7) is 9.97. The third-order valence-corrected chi connectivity index (χ3v) is 9.74. The fourth-order valence-corrected chi connectivity index (χ4v) is 7.00. The molecule has 3 aliphatic heterocycles. The van der Waals surface area contributed by atoms with E-state index in [1.165, 1.54) is 0 Å². The number of pyridine rings is 1. The van der Waals surface area contributed by atoms with Crippen LogP contribution >= 0.6 is 11.6 Å². The van der Waals surface area contributed by atoms with Crippen molar-refractivity contribution in [3.8, 4) is 0 Å². The van der Waals surface area contributed by atoms with E-state index in [2.05, 4.69) is 15.2 Å². The molecule has 2 unspecified atom stereocenters. The molecule has 5 rings (SSSR count). The molecule has 9 nitrogen and oxygen atoms in total. The van der Waals surface area contributed by atoms with Gasteiger partial charge in [0.25, 0.3) is 5.91 Å². The Kier molecular flexibility index (Phi) is 9.93. The first-order valence-electron chi connectivity index (χ1n) is 15.5. The van der Waals surface area contributed by atoms with Crippen molar-refractivity contribution in [1.29, 1.82) is 0 Å². The topological polar surface area (TPSA) is 89.1 Å². The van der Waals surface area contributed by atoms with Gasteiger partial charge in [-0.1, -0.05) is 17.7 Å². The highest BCUT2D eigenvalue weighted by atomic mass is 35.5. The normalized spacial score (nSPS) is 20.8. The van der Waals surface area contributed by atoms with E-state index in [1.807, 2.05) is 43.9 Å². The summed E-state index contributed by atoms with van der Waals surface area (Å²) in [6, 6.07) is 6.62. The zero-order valence-electron chi connectivity index (χ0n) is 25.9. The van der Waals surface area contributed by atoms with E-state index in [0.29, 0.717) is 41.1 Å². The number of nitrogens with one attached hydrogen (secondary N) is 1. The van der Waals surface area contributed by atoms with Crippen molar-refractivity contribution in [1.82, 2.24) is 25.0 Å². The molecule has 3 aliphatic rings. The summed E-state index contributed by atoms with van der Waals surface area (Å²) < 4.78 is 38.5. The lowest BCUT2D eigenvalue weighted by Crippen LogP contribution is -2.52. The molecule has 13 heteroatoms. The van der Waals surface area contributed by atoms with E-state index in [9.17, 15) is 27.6 Å². The van der Waals surface area contributed by atoms with Crippen LogP contribution in [-0.2, 0) is 4.79 Å². The fourth-order valence-electron chi connectivity index (χ4n) is 6.82. The largest absolute Gasteiger partial charge is 0.471 e. The second kappa shape index (κ2) is 13.5. The minimum Gasteiger partial charge on any atom is -0.338 e. The zero-order chi connectivity index (χ0) is 32.5. The number of aryl methyl sites for hydroxylation is 3. The quantitative estimate of drug-likeness (QED) is 0.465. The monoisotopic (exact) mass is 648 g/mol. The summed E-state index contributed by atoms with van der Waals surface area (Å²) in [5, 5.41) is 3.50. The number of piperidine rings is 1. The van der Waals surface area contributed by atoms with Crippen molar-refractivity contribution in [3.63, 3.8) is 0 Å². The summed E-state index contributed by atoms with van der Waals surface area (Å²) in [5.74, 6) is -0.990. The molecule has 0 spiro atoms. The van der Waals surface area contributed by atoms with E-state index in [4.69, 9.17) is 11.6 Å². The summed E-state index contributed by atoms with van der Waals surface area (Å²) in [6.07, 6.45) is -1.99. The molecule has 0 radical (unpaired) electrons. The maximum atomic E-state index is 13.5. The number of fused-ring (bicyclic) bond motifs is 1. The highest BCUT2D eigenvalue weighted by Gasteiger charge is 2.44. The molecular formula is C32H40ClF3N6O3. The number of alkyl halides is 3. The number of carbonyl (C=O) groups excluding carboxylic acids is 3. The van der Waals surface area contributed by atoms with Gasteiger partial charge in [-0.25, -0.2) is 4.79 Å². The van der Waals surface area contributed by atoms with Crippen LogP contribution in [0.5, 0.6) is 0 Å². The first-order chi connectivity index (χ1) is 21.3. The number of urea groups is 1. The molecule has 244 valence electrons. The van der Waals surface area contributed by atoms with Crippen LogP contribution in [0.3, 0.4) is 0 Å². The molecular weight excluding hydrogens is 609 g/mol. The highest BCUT2D eigenvalue weighted by molar-refractivity contribution is 6.31. The van der Waals surface area contributed by atoms with Gasteiger partial charge in [0.15, 0.2) is 0 Å². The number of hydrogen-bond donors (Lipinski definition) is 1. The van der Waals surface area contributed by atoms with Gasteiger partial charge in [-0.15, -0.1) is 0 Å². The lowest BCUT2D eigenvalue weighted by atomic mass is 10.0. The molecule has 1 aromatic carbocycles. The average Bonchev–Trinajstić information content (AvgIpc) is 3.55. The third kappa shape index (κ3) is 7.54. The first kappa shape index (κ1) is 33.0. The van der Waals surface area contributed by atoms with Crippen LogP contribution in [-0.4, -0.2) is 102 Å². The number of nitrogens with zero attached hydrogens (tertiary/aromatic N) is 5.